The Morgan fingerprint density at radius 1 is 0.889 bits per heavy atom. The van der Waals surface area contributed by atoms with Crippen LogP contribution in [0.4, 0.5) is 0 Å². The molecule has 0 atom stereocenters. The van der Waals surface area contributed by atoms with Crippen molar-refractivity contribution in [1.82, 2.24) is 0 Å². The van der Waals surface area contributed by atoms with Crippen molar-refractivity contribution >= 4 is 5.78 Å². The first-order chi connectivity index (χ1) is 8.68. The summed E-state index contributed by atoms with van der Waals surface area (Å²) in [4.78, 5) is 12.1. The van der Waals surface area contributed by atoms with Gasteiger partial charge in [0, 0.05) is 11.1 Å². The molecule has 0 N–H and O–H groups in total. The third kappa shape index (κ3) is 2.67. The lowest BCUT2D eigenvalue weighted by Crippen LogP contribution is -2.01. The van der Waals surface area contributed by atoms with E-state index >= 15 is 0 Å². The van der Waals surface area contributed by atoms with Crippen LogP contribution in [0.15, 0.2) is 48.5 Å². The fourth-order valence-electron chi connectivity index (χ4n) is 1.89. The molecule has 0 aliphatic carbocycles. The molecule has 0 spiro atoms. The summed E-state index contributed by atoms with van der Waals surface area (Å²) < 4.78 is 0. The Morgan fingerprint density at radius 3 is 2.11 bits per heavy atom. The monoisotopic (exact) mass is 234 g/mol. The second-order valence-corrected chi connectivity index (χ2v) is 4.21. The van der Waals surface area contributed by atoms with E-state index < -0.39 is 0 Å². The Kier molecular flexibility index (Phi) is 3.60. The van der Waals surface area contributed by atoms with Gasteiger partial charge in [0.25, 0.3) is 0 Å². The van der Waals surface area contributed by atoms with E-state index in [2.05, 4.69) is 11.8 Å². The van der Waals surface area contributed by atoms with Crippen LogP contribution >= 0.6 is 0 Å². The van der Waals surface area contributed by atoms with Crippen molar-refractivity contribution in [3.63, 3.8) is 0 Å². The molecule has 0 heterocycles. The maximum atomic E-state index is 12.1. The van der Waals surface area contributed by atoms with Crippen LogP contribution in [0.1, 0.15) is 27.0 Å². The SMILES string of the molecule is Cc1cccc(C)c1C(=O)C#Cc1ccccc1. The quantitative estimate of drug-likeness (QED) is 0.545. The zero-order chi connectivity index (χ0) is 13.0. The fourth-order valence-corrected chi connectivity index (χ4v) is 1.89. The first-order valence-corrected chi connectivity index (χ1v) is 5.86. The molecule has 0 fully saturated rings. The van der Waals surface area contributed by atoms with Gasteiger partial charge < -0.3 is 0 Å². The zero-order valence-corrected chi connectivity index (χ0v) is 10.5. The highest BCUT2D eigenvalue weighted by Gasteiger charge is 2.08. The Morgan fingerprint density at radius 2 is 1.50 bits per heavy atom. The minimum atomic E-state index is -0.116. The minimum absolute atomic E-state index is 0.116. The summed E-state index contributed by atoms with van der Waals surface area (Å²) >= 11 is 0. The van der Waals surface area contributed by atoms with Crippen molar-refractivity contribution in [2.24, 2.45) is 0 Å². The molecule has 0 unspecified atom stereocenters. The highest BCUT2D eigenvalue weighted by Crippen LogP contribution is 2.13. The van der Waals surface area contributed by atoms with Crippen LogP contribution in [0.25, 0.3) is 0 Å². The second-order valence-electron chi connectivity index (χ2n) is 4.21. The molecule has 2 aromatic carbocycles. The lowest BCUT2D eigenvalue weighted by Gasteiger charge is -2.03. The van der Waals surface area contributed by atoms with Crippen LogP contribution in [-0.2, 0) is 0 Å². The number of carbonyl (C=O) groups is 1. The molecular formula is C17H14O. The van der Waals surface area contributed by atoms with Gasteiger partial charge in [0.1, 0.15) is 0 Å². The van der Waals surface area contributed by atoms with Crippen molar-refractivity contribution in [3.8, 4) is 11.8 Å². The largest absolute Gasteiger partial charge is 0.279 e. The fraction of sp³-hybridized carbons (Fsp3) is 0.118. The summed E-state index contributed by atoms with van der Waals surface area (Å²) in [6.07, 6.45) is 0. The molecule has 2 rings (SSSR count). The van der Waals surface area contributed by atoms with Gasteiger partial charge in [0.15, 0.2) is 0 Å². The number of hydrogen-bond donors (Lipinski definition) is 0. The Balaban J connectivity index is 2.32. The smallest absolute Gasteiger partial charge is 0.236 e. The van der Waals surface area contributed by atoms with Crippen molar-refractivity contribution in [1.29, 1.82) is 0 Å². The number of hydrogen-bond acceptors (Lipinski definition) is 1. The van der Waals surface area contributed by atoms with E-state index in [1.807, 2.05) is 62.4 Å². The average Bonchev–Trinajstić information content (AvgIpc) is 2.37. The lowest BCUT2D eigenvalue weighted by molar-refractivity contribution is 0.105. The summed E-state index contributed by atoms with van der Waals surface area (Å²) in [7, 11) is 0. The van der Waals surface area contributed by atoms with Crippen molar-refractivity contribution in [2.75, 3.05) is 0 Å². The molecule has 0 aromatic heterocycles. The predicted octanol–water partition coefficient (Wildman–Crippen LogP) is 3.54. The first kappa shape index (κ1) is 12.1. The molecule has 0 amide bonds. The molecule has 0 saturated carbocycles. The average molecular weight is 234 g/mol. The van der Waals surface area contributed by atoms with Crippen molar-refractivity contribution in [3.05, 3.63) is 70.8 Å². The molecule has 2 aromatic rings. The highest BCUT2D eigenvalue weighted by atomic mass is 16.1. The second kappa shape index (κ2) is 5.33. The lowest BCUT2D eigenvalue weighted by atomic mass is 9.99. The topological polar surface area (TPSA) is 17.1 Å². The van der Waals surface area contributed by atoms with Gasteiger partial charge in [0.05, 0.1) is 0 Å². The Hall–Kier alpha value is -2.33. The summed E-state index contributed by atoms with van der Waals surface area (Å²) in [6.45, 7) is 3.87. The summed E-state index contributed by atoms with van der Waals surface area (Å²) in [6, 6.07) is 15.4. The van der Waals surface area contributed by atoms with Crippen molar-refractivity contribution in [2.45, 2.75) is 13.8 Å². The van der Waals surface area contributed by atoms with Crippen LogP contribution in [-0.4, -0.2) is 5.78 Å². The van der Waals surface area contributed by atoms with E-state index in [0.717, 1.165) is 22.3 Å². The van der Waals surface area contributed by atoms with E-state index in [0.29, 0.717) is 0 Å². The standard InChI is InChI=1S/C17H14O/c1-13-7-6-8-14(2)17(13)16(18)12-11-15-9-4-3-5-10-15/h3-10H,1-2H3. The number of benzene rings is 2. The van der Waals surface area contributed by atoms with E-state index in [-0.39, 0.29) is 5.78 Å². The number of rotatable bonds is 1. The molecule has 0 radical (unpaired) electrons. The predicted molar refractivity (Wildman–Crippen MR) is 73.6 cm³/mol. The Bertz CT molecular complexity index is 607. The van der Waals surface area contributed by atoms with Crippen LogP contribution in [0.5, 0.6) is 0 Å². The third-order valence-corrected chi connectivity index (χ3v) is 2.80. The molecule has 18 heavy (non-hydrogen) atoms. The molecule has 0 aliphatic rings. The van der Waals surface area contributed by atoms with Crippen LogP contribution in [0.2, 0.25) is 0 Å². The first-order valence-electron chi connectivity index (χ1n) is 5.86. The third-order valence-electron chi connectivity index (χ3n) is 2.80. The molecule has 0 aliphatic heterocycles. The summed E-state index contributed by atoms with van der Waals surface area (Å²) in [5, 5.41) is 0. The van der Waals surface area contributed by atoms with Crippen LogP contribution in [0.3, 0.4) is 0 Å². The maximum Gasteiger partial charge on any atom is 0.236 e. The molecule has 1 heteroatoms. The number of carbonyl (C=O) groups excluding carboxylic acids is 1. The number of ketones is 1. The van der Waals surface area contributed by atoms with Gasteiger partial charge in [-0.1, -0.05) is 42.3 Å². The van der Waals surface area contributed by atoms with E-state index in [1.54, 1.807) is 0 Å². The molecule has 0 bridgehead atoms. The number of Topliss-reactive ketones (excluding diaryl/α,β-unsaturated/α-hetero) is 1. The normalized spacial score (nSPS) is 9.44. The van der Waals surface area contributed by atoms with E-state index in [9.17, 15) is 4.79 Å². The maximum absolute atomic E-state index is 12.1. The Labute approximate surface area is 107 Å². The highest BCUT2D eigenvalue weighted by molar-refractivity contribution is 6.11. The van der Waals surface area contributed by atoms with Gasteiger partial charge in [0.2, 0.25) is 5.78 Å². The van der Waals surface area contributed by atoms with Crippen LogP contribution in [0, 0.1) is 25.7 Å². The van der Waals surface area contributed by atoms with E-state index in [4.69, 9.17) is 0 Å². The molecular weight excluding hydrogens is 220 g/mol. The van der Waals surface area contributed by atoms with Gasteiger partial charge >= 0.3 is 0 Å². The summed E-state index contributed by atoms with van der Waals surface area (Å²) in [5.41, 5.74) is 3.53. The molecule has 88 valence electrons. The minimum Gasteiger partial charge on any atom is -0.279 e. The van der Waals surface area contributed by atoms with Gasteiger partial charge in [-0.2, -0.15) is 0 Å². The zero-order valence-electron chi connectivity index (χ0n) is 10.5. The van der Waals surface area contributed by atoms with Crippen LogP contribution < -0.4 is 0 Å². The van der Waals surface area contributed by atoms with E-state index in [1.165, 1.54) is 0 Å². The molecule has 0 saturated heterocycles. The van der Waals surface area contributed by atoms with Gasteiger partial charge in [-0.25, -0.2) is 0 Å². The van der Waals surface area contributed by atoms with Gasteiger partial charge in [-0.05, 0) is 43.0 Å². The number of aryl methyl sites for hydroxylation is 2. The van der Waals surface area contributed by atoms with Gasteiger partial charge in [-0.3, -0.25) is 4.79 Å². The van der Waals surface area contributed by atoms with Gasteiger partial charge in [-0.15, -0.1) is 0 Å². The summed E-state index contributed by atoms with van der Waals surface area (Å²) in [5.74, 6) is 5.49. The van der Waals surface area contributed by atoms with Crippen molar-refractivity contribution < 1.29 is 4.79 Å². The molecule has 1 nitrogen and oxygen atoms in total.